The van der Waals surface area contributed by atoms with Crippen LogP contribution in [0.3, 0.4) is 0 Å². The van der Waals surface area contributed by atoms with Gasteiger partial charge in [-0.15, -0.1) is 0 Å². The summed E-state index contributed by atoms with van der Waals surface area (Å²) < 4.78 is 53.1. The zero-order valence-corrected chi connectivity index (χ0v) is 26.1. The molecule has 1 amide bonds. The first-order valence-corrected chi connectivity index (χ1v) is 16.6. The fourth-order valence-corrected chi connectivity index (χ4v) is 8.33. The maximum atomic E-state index is 16.9. The van der Waals surface area contributed by atoms with Gasteiger partial charge in [0.15, 0.2) is 5.82 Å². The van der Waals surface area contributed by atoms with E-state index in [4.69, 9.17) is 9.72 Å². The molecule has 0 aliphatic carbocycles. The number of phenolic OH excluding ortho intramolecular Hbond substituents is 1. The number of halogens is 3. The van der Waals surface area contributed by atoms with E-state index in [9.17, 15) is 14.3 Å². The van der Waals surface area contributed by atoms with Crippen LogP contribution in [0.25, 0.3) is 32.9 Å². The predicted molar refractivity (Wildman–Crippen MR) is 171 cm³/mol. The summed E-state index contributed by atoms with van der Waals surface area (Å²) in [6.07, 6.45) is 5.52. The van der Waals surface area contributed by atoms with Crippen molar-refractivity contribution < 1.29 is 27.8 Å². The first kappa shape index (κ1) is 30.2. The molecule has 9 nitrogen and oxygen atoms in total. The lowest BCUT2D eigenvalue weighted by atomic mass is 9.93. The monoisotopic (exact) mass is 646 g/mol. The third kappa shape index (κ3) is 5.40. The van der Waals surface area contributed by atoms with E-state index in [1.165, 1.54) is 30.5 Å². The molecule has 3 fully saturated rings. The average molecular weight is 647 g/mol. The summed E-state index contributed by atoms with van der Waals surface area (Å²) in [5.74, 6) is -0.837. The Morgan fingerprint density at radius 3 is 2.87 bits per heavy atom. The van der Waals surface area contributed by atoms with E-state index in [0.29, 0.717) is 54.6 Å². The molecule has 3 atom stereocenters. The van der Waals surface area contributed by atoms with Gasteiger partial charge in [0.25, 0.3) is 0 Å². The zero-order valence-electron chi connectivity index (χ0n) is 26.1. The molecule has 2 N–H and O–H groups in total. The Morgan fingerprint density at radius 1 is 1.09 bits per heavy atom. The Morgan fingerprint density at radius 2 is 1.98 bits per heavy atom. The molecule has 0 saturated carbocycles. The molecule has 2 aromatic heterocycles. The van der Waals surface area contributed by atoms with Crippen molar-refractivity contribution in [2.24, 2.45) is 5.92 Å². The summed E-state index contributed by atoms with van der Waals surface area (Å²) >= 11 is 0. The SMILES string of the molecule is O=C1CCc2c(F)ccc3cc(O)cc(c23)-c2ncc3c(nc(OC[C@@]45CCCN4C[C@H](F)C5)nc3c2F)N2CCCC(CCN1)C2. The number of fused-ring (bicyclic) bond motifs is 7. The number of anilines is 1. The number of pyridine rings is 1. The summed E-state index contributed by atoms with van der Waals surface area (Å²) in [5, 5.41) is 14.9. The van der Waals surface area contributed by atoms with Gasteiger partial charge >= 0.3 is 6.01 Å². The van der Waals surface area contributed by atoms with Crippen molar-refractivity contribution in [1.29, 1.82) is 0 Å². The van der Waals surface area contributed by atoms with E-state index in [-0.39, 0.29) is 65.4 Å². The van der Waals surface area contributed by atoms with E-state index < -0.39 is 23.3 Å². The van der Waals surface area contributed by atoms with Crippen molar-refractivity contribution in [1.82, 2.24) is 25.2 Å². The summed E-state index contributed by atoms with van der Waals surface area (Å²) in [7, 11) is 0. The van der Waals surface area contributed by atoms with Gasteiger partial charge in [0.05, 0.1) is 10.9 Å². The maximum Gasteiger partial charge on any atom is 0.319 e. The number of carbonyl (C=O) groups excluding carboxylic acids is 1. The molecule has 4 aromatic rings. The highest BCUT2D eigenvalue weighted by Crippen LogP contribution is 2.42. The topological polar surface area (TPSA) is 104 Å². The second-order valence-electron chi connectivity index (χ2n) is 13.6. The Bertz CT molecular complexity index is 1890. The minimum Gasteiger partial charge on any atom is -0.508 e. The lowest BCUT2D eigenvalue weighted by Crippen LogP contribution is -2.43. The molecule has 246 valence electrons. The highest BCUT2D eigenvalue weighted by atomic mass is 19.1. The van der Waals surface area contributed by atoms with E-state index in [1.807, 2.05) is 0 Å². The lowest BCUT2D eigenvalue weighted by molar-refractivity contribution is -0.121. The van der Waals surface area contributed by atoms with Gasteiger partial charge in [-0.05, 0) is 85.5 Å². The Hall–Kier alpha value is -4.19. The molecule has 0 spiro atoms. The minimum atomic E-state index is -0.920. The molecule has 0 radical (unpaired) electrons. The summed E-state index contributed by atoms with van der Waals surface area (Å²) in [6, 6.07) is 5.68. The summed E-state index contributed by atoms with van der Waals surface area (Å²) in [6.45, 7) is 3.22. The third-order valence-corrected chi connectivity index (χ3v) is 10.6. The number of nitrogens with one attached hydrogen (secondary N) is 1. The molecule has 47 heavy (non-hydrogen) atoms. The molecule has 9 rings (SSSR count). The molecule has 12 heteroatoms. The smallest absolute Gasteiger partial charge is 0.319 e. The van der Waals surface area contributed by atoms with E-state index in [1.54, 1.807) is 0 Å². The number of carbonyl (C=O) groups is 1. The van der Waals surface area contributed by atoms with Crippen LogP contribution in [0.2, 0.25) is 0 Å². The number of piperidine rings is 1. The molecule has 5 aliphatic heterocycles. The number of aryl methyl sites for hydroxylation is 1. The van der Waals surface area contributed by atoms with Gasteiger partial charge in [-0.1, -0.05) is 6.07 Å². The number of nitrogens with zero attached hydrogens (tertiary/aromatic N) is 5. The van der Waals surface area contributed by atoms with Crippen LogP contribution in [-0.4, -0.2) is 81.9 Å². The van der Waals surface area contributed by atoms with Crippen LogP contribution < -0.4 is 15.0 Å². The van der Waals surface area contributed by atoms with Crippen molar-refractivity contribution in [3.05, 3.63) is 47.7 Å². The number of hydrogen-bond donors (Lipinski definition) is 2. The Labute approximate surface area is 270 Å². The van der Waals surface area contributed by atoms with E-state index in [0.717, 1.165) is 38.6 Å². The largest absolute Gasteiger partial charge is 0.508 e. The van der Waals surface area contributed by atoms with Gasteiger partial charge in [0, 0.05) is 50.8 Å². The van der Waals surface area contributed by atoms with Crippen molar-refractivity contribution in [3.63, 3.8) is 0 Å². The number of hydrogen-bond acceptors (Lipinski definition) is 8. The molecule has 5 aliphatic rings. The molecule has 1 unspecified atom stereocenters. The molecule has 2 aromatic carbocycles. The standard InChI is InChI=1S/C35H37F3N6O3/c36-22-15-35(9-2-12-44(35)18-22)19-47-34-41-32-26-16-40-31(30(32)38)25-14-23(45)13-21-4-6-27(37)24(29(21)25)5-7-28(46)39-10-8-20-3-1-11-43(17-20)33(26)42-34/h4,6,13-14,16,20,22,45H,1-3,5,7-12,15,17-19H2,(H,39,46)/t20?,22-,35+/m1/s1. The van der Waals surface area contributed by atoms with E-state index >= 15 is 8.78 Å². The number of aromatic hydroxyl groups is 1. The van der Waals surface area contributed by atoms with Crippen LogP contribution in [0.15, 0.2) is 30.5 Å². The Balaban J connectivity index is 1.30. The first-order chi connectivity index (χ1) is 22.8. The van der Waals surface area contributed by atoms with Crippen LogP contribution in [0, 0.1) is 17.6 Å². The molecular formula is C35H37F3N6O3. The van der Waals surface area contributed by atoms with Gasteiger partial charge in [0.2, 0.25) is 5.91 Å². The second kappa shape index (κ2) is 11.8. The van der Waals surface area contributed by atoms with Crippen LogP contribution in [0.5, 0.6) is 11.8 Å². The number of benzene rings is 2. The van der Waals surface area contributed by atoms with Crippen LogP contribution in [0.1, 0.15) is 50.5 Å². The van der Waals surface area contributed by atoms with Gasteiger partial charge in [-0.25, -0.2) is 13.2 Å². The second-order valence-corrected chi connectivity index (χ2v) is 13.6. The third-order valence-electron chi connectivity index (χ3n) is 10.6. The van der Waals surface area contributed by atoms with Crippen molar-refractivity contribution in [3.8, 4) is 23.0 Å². The highest BCUT2D eigenvalue weighted by Gasteiger charge is 2.49. The van der Waals surface area contributed by atoms with E-state index in [2.05, 4.69) is 25.1 Å². The maximum absolute atomic E-state index is 16.9. The molecular weight excluding hydrogens is 609 g/mol. The van der Waals surface area contributed by atoms with Crippen LogP contribution >= 0.6 is 0 Å². The van der Waals surface area contributed by atoms with Gasteiger partial charge < -0.3 is 20.1 Å². The van der Waals surface area contributed by atoms with Gasteiger partial charge in [-0.3, -0.25) is 14.7 Å². The van der Waals surface area contributed by atoms with Crippen LogP contribution in [-0.2, 0) is 11.2 Å². The quantitative estimate of drug-likeness (QED) is 0.303. The van der Waals surface area contributed by atoms with Crippen molar-refractivity contribution in [2.45, 2.75) is 63.1 Å². The highest BCUT2D eigenvalue weighted by molar-refractivity contribution is 6.02. The molecule has 3 saturated heterocycles. The number of alkyl halides is 1. The predicted octanol–water partition coefficient (Wildman–Crippen LogP) is 5.45. The fourth-order valence-electron chi connectivity index (χ4n) is 8.33. The number of ether oxygens (including phenoxy) is 1. The molecule has 6 bridgehead atoms. The van der Waals surface area contributed by atoms with Crippen molar-refractivity contribution in [2.75, 3.05) is 44.2 Å². The normalized spacial score (nSPS) is 25.0. The minimum absolute atomic E-state index is 0.00305. The number of rotatable bonds is 3. The average Bonchev–Trinajstić information content (AvgIpc) is 3.58. The number of amides is 1. The summed E-state index contributed by atoms with van der Waals surface area (Å²) in [5.41, 5.74) is -0.102. The van der Waals surface area contributed by atoms with Crippen LogP contribution in [0.4, 0.5) is 19.0 Å². The number of aromatic nitrogens is 3. The zero-order chi connectivity index (χ0) is 32.3. The molecule has 7 heterocycles. The van der Waals surface area contributed by atoms with Crippen molar-refractivity contribution >= 4 is 33.4 Å². The Kier molecular flexibility index (Phi) is 7.57. The fraction of sp³-hybridized carbons (Fsp3) is 0.486. The number of phenols is 1. The summed E-state index contributed by atoms with van der Waals surface area (Å²) in [4.78, 5) is 31.1. The van der Waals surface area contributed by atoms with Gasteiger partial charge in [-0.2, -0.15) is 9.97 Å². The lowest BCUT2D eigenvalue weighted by Gasteiger charge is -2.34. The van der Waals surface area contributed by atoms with Gasteiger partial charge in [0.1, 0.15) is 41.4 Å². The first-order valence-electron chi connectivity index (χ1n) is 16.6.